The fourth-order valence-electron chi connectivity index (χ4n) is 3.25. The largest absolute Gasteiger partial charge is 0.458 e. The lowest BCUT2D eigenvalue weighted by atomic mass is 10.00. The minimum atomic E-state index is 0.00121. The number of anilines is 1. The molecule has 118 valence electrons. The van der Waals surface area contributed by atoms with Crippen LogP contribution in [0.5, 0.6) is 5.75 Å². The number of hydrogen-bond acceptors (Lipinski definition) is 2. The highest BCUT2D eigenvalue weighted by molar-refractivity contribution is 5.64. The summed E-state index contributed by atoms with van der Waals surface area (Å²) in [7, 11) is 0. The van der Waals surface area contributed by atoms with Crippen molar-refractivity contribution in [1.82, 2.24) is 0 Å². The molecular formula is C22H19NO. The summed E-state index contributed by atoms with van der Waals surface area (Å²) in [6, 6.07) is 29.1. The van der Waals surface area contributed by atoms with Crippen molar-refractivity contribution in [2.24, 2.45) is 0 Å². The summed E-state index contributed by atoms with van der Waals surface area (Å²) in [6.45, 7) is 5.00. The highest BCUT2D eigenvalue weighted by Crippen LogP contribution is 2.44. The molecule has 0 amide bonds. The van der Waals surface area contributed by atoms with E-state index in [4.69, 9.17) is 4.74 Å². The molecule has 0 N–H and O–H groups in total. The average molecular weight is 313 g/mol. The highest BCUT2D eigenvalue weighted by atomic mass is 16.5. The number of ether oxygens (including phenoxy) is 1. The number of benzene rings is 3. The van der Waals surface area contributed by atoms with Crippen molar-refractivity contribution < 1.29 is 4.74 Å². The maximum atomic E-state index is 6.03. The minimum absolute atomic E-state index is 0.00121. The molecule has 0 aromatic heterocycles. The van der Waals surface area contributed by atoms with E-state index in [0.29, 0.717) is 0 Å². The summed E-state index contributed by atoms with van der Waals surface area (Å²) in [6.07, 6.45) is 0. The Morgan fingerprint density at radius 1 is 0.792 bits per heavy atom. The molecule has 2 heteroatoms. The molecule has 0 saturated carbocycles. The van der Waals surface area contributed by atoms with Crippen LogP contribution in [0.1, 0.15) is 17.2 Å². The Kier molecular flexibility index (Phi) is 3.80. The van der Waals surface area contributed by atoms with Crippen LogP contribution < -0.4 is 9.64 Å². The lowest BCUT2D eigenvalue weighted by molar-refractivity contribution is 0.355. The van der Waals surface area contributed by atoms with Crippen molar-refractivity contribution in [2.45, 2.75) is 12.6 Å². The zero-order chi connectivity index (χ0) is 16.4. The summed E-state index contributed by atoms with van der Waals surface area (Å²) < 4.78 is 6.03. The highest BCUT2D eigenvalue weighted by Gasteiger charge is 2.31. The van der Waals surface area contributed by atoms with E-state index in [9.17, 15) is 0 Å². The molecule has 1 heterocycles. The summed E-state index contributed by atoms with van der Waals surface area (Å²) in [5.74, 6) is 1.63. The summed E-state index contributed by atoms with van der Waals surface area (Å²) in [4.78, 5) is 2.37. The van der Waals surface area contributed by atoms with Crippen molar-refractivity contribution in [1.29, 1.82) is 0 Å². The molecule has 0 fully saturated rings. The van der Waals surface area contributed by atoms with Crippen LogP contribution in [0.2, 0.25) is 0 Å². The van der Waals surface area contributed by atoms with Gasteiger partial charge in [-0.2, -0.15) is 0 Å². The number of hydrogen-bond donors (Lipinski definition) is 0. The molecule has 0 saturated heterocycles. The van der Waals surface area contributed by atoms with Gasteiger partial charge in [-0.3, -0.25) is 0 Å². The smallest absolute Gasteiger partial charge is 0.150 e. The fraction of sp³-hybridized carbons (Fsp3) is 0.0909. The predicted molar refractivity (Wildman–Crippen MR) is 98.0 cm³/mol. The van der Waals surface area contributed by atoms with Gasteiger partial charge in [0.2, 0.25) is 0 Å². The van der Waals surface area contributed by atoms with Gasteiger partial charge in [0.25, 0.3) is 0 Å². The fourth-order valence-corrected chi connectivity index (χ4v) is 3.25. The number of rotatable bonds is 3. The van der Waals surface area contributed by atoms with Crippen LogP contribution in [0.3, 0.4) is 0 Å². The third-order valence-corrected chi connectivity index (χ3v) is 4.34. The van der Waals surface area contributed by atoms with Crippen molar-refractivity contribution >= 4 is 5.69 Å². The molecule has 4 rings (SSSR count). The maximum Gasteiger partial charge on any atom is 0.150 e. The molecule has 2 nitrogen and oxygen atoms in total. The van der Waals surface area contributed by atoms with Gasteiger partial charge in [0.1, 0.15) is 17.6 Å². The molecule has 0 radical (unpaired) electrons. The molecule has 0 aliphatic carbocycles. The first-order valence-corrected chi connectivity index (χ1v) is 8.14. The molecule has 24 heavy (non-hydrogen) atoms. The molecule has 1 aliphatic rings. The van der Waals surface area contributed by atoms with Gasteiger partial charge < -0.3 is 9.64 Å². The van der Waals surface area contributed by atoms with Gasteiger partial charge >= 0.3 is 0 Å². The molecule has 1 unspecified atom stereocenters. The van der Waals surface area contributed by atoms with Crippen LogP contribution in [0.4, 0.5) is 5.69 Å². The number of para-hydroxylation sites is 2. The van der Waals surface area contributed by atoms with E-state index < -0.39 is 0 Å². The van der Waals surface area contributed by atoms with Gasteiger partial charge in [-0.05, 0) is 23.3 Å². The van der Waals surface area contributed by atoms with Gasteiger partial charge in [0, 0.05) is 6.54 Å². The number of fused-ring (bicyclic) bond motifs is 1. The topological polar surface area (TPSA) is 12.5 Å². The first-order valence-electron chi connectivity index (χ1n) is 8.14. The van der Waals surface area contributed by atoms with E-state index in [0.717, 1.165) is 23.7 Å². The molecule has 1 aliphatic heterocycles. The Morgan fingerprint density at radius 2 is 1.42 bits per heavy atom. The van der Waals surface area contributed by atoms with Crippen molar-refractivity contribution in [2.75, 3.05) is 4.90 Å². The third kappa shape index (κ3) is 2.67. The molecule has 0 spiro atoms. The van der Waals surface area contributed by atoms with Crippen molar-refractivity contribution in [3.63, 3.8) is 0 Å². The van der Waals surface area contributed by atoms with Crippen LogP contribution in [0, 0.1) is 0 Å². The Hall–Kier alpha value is -3.00. The summed E-state index contributed by atoms with van der Waals surface area (Å²) in [5, 5.41) is 0. The van der Waals surface area contributed by atoms with E-state index in [1.54, 1.807) is 0 Å². The molecular weight excluding hydrogens is 294 g/mol. The van der Waals surface area contributed by atoms with Crippen LogP contribution in [0.15, 0.2) is 97.3 Å². The quantitative estimate of drug-likeness (QED) is 0.647. The monoisotopic (exact) mass is 313 g/mol. The lowest BCUT2D eigenvalue weighted by Crippen LogP contribution is -2.34. The Labute approximate surface area is 142 Å². The van der Waals surface area contributed by atoms with Gasteiger partial charge in [-0.1, -0.05) is 79.4 Å². The van der Waals surface area contributed by atoms with E-state index in [1.807, 2.05) is 24.3 Å². The third-order valence-electron chi connectivity index (χ3n) is 4.34. The lowest BCUT2D eigenvalue weighted by Gasteiger charge is -2.40. The van der Waals surface area contributed by atoms with E-state index in [1.165, 1.54) is 11.1 Å². The van der Waals surface area contributed by atoms with Gasteiger partial charge in [0.05, 0.1) is 5.69 Å². The Bertz CT molecular complexity index is 842. The zero-order valence-corrected chi connectivity index (χ0v) is 13.4. The van der Waals surface area contributed by atoms with Crippen molar-refractivity contribution in [3.8, 4) is 5.75 Å². The van der Waals surface area contributed by atoms with Crippen molar-refractivity contribution in [3.05, 3.63) is 108 Å². The van der Waals surface area contributed by atoms with Crippen LogP contribution in [-0.4, -0.2) is 0 Å². The predicted octanol–water partition coefficient (Wildman–Crippen LogP) is 5.34. The molecule has 0 bridgehead atoms. The summed E-state index contributed by atoms with van der Waals surface area (Å²) >= 11 is 0. The van der Waals surface area contributed by atoms with E-state index in [-0.39, 0.29) is 6.04 Å². The van der Waals surface area contributed by atoms with Gasteiger partial charge in [0.15, 0.2) is 0 Å². The Balaban J connectivity index is 1.80. The SMILES string of the molecule is C=C1Oc2ccccc2N(Cc2ccccc2)C1c1ccccc1. The van der Waals surface area contributed by atoms with E-state index >= 15 is 0 Å². The second-order valence-electron chi connectivity index (χ2n) is 5.96. The van der Waals surface area contributed by atoms with Crippen LogP contribution in [0.25, 0.3) is 0 Å². The number of nitrogens with zero attached hydrogens (tertiary/aromatic N) is 1. The first kappa shape index (κ1) is 14.6. The standard InChI is InChI=1S/C22H19NO/c1-17-22(19-12-6-3-7-13-19)23(16-18-10-4-2-5-11-18)20-14-8-9-15-21(20)24-17/h2-15,22H,1,16H2. The molecule has 3 aromatic carbocycles. The van der Waals surface area contributed by atoms with Crippen LogP contribution in [-0.2, 0) is 6.54 Å². The average Bonchev–Trinajstić information content (AvgIpc) is 2.63. The first-order chi connectivity index (χ1) is 11.8. The second-order valence-corrected chi connectivity index (χ2v) is 5.96. The van der Waals surface area contributed by atoms with Crippen LogP contribution >= 0.6 is 0 Å². The molecule has 3 aromatic rings. The second kappa shape index (κ2) is 6.25. The normalized spacial score (nSPS) is 16.4. The van der Waals surface area contributed by atoms with Gasteiger partial charge in [-0.15, -0.1) is 0 Å². The minimum Gasteiger partial charge on any atom is -0.458 e. The Morgan fingerprint density at radius 3 is 2.17 bits per heavy atom. The summed E-state index contributed by atoms with van der Waals surface area (Å²) in [5.41, 5.74) is 3.55. The van der Waals surface area contributed by atoms with Gasteiger partial charge in [-0.25, -0.2) is 0 Å². The zero-order valence-electron chi connectivity index (χ0n) is 13.4. The molecule has 1 atom stereocenters. The van der Waals surface area contributed by atoms with E-state index in [2.05, 4.69) is 72.1 Å². The maximum absolute atomic E-state index is 6.03.